The molecule has 3 heteroatoms. The first kappa shape index (κ1) is 14.1. The highest BCUT2D eigenvalue weighted by Gasteiger charge is 2.38. The van der Waals surface area contributed by atoms with Crippen LogP contribution in [0.25, 0.3) is 0 Å². The van der Waals surface area contributed by atoms with Gasteiger partial charge in [-0.2, -0.15) is 0 Å². The number of benzene rings is 1. The van der Waals surface area contributed by atoms with Crippen molar-refractivity contribution in [1.29, 1.82) is 0 Å². The summed E-state index contributed by atoms with van der Waals surface area (Å²) in [7, 11) is 0. The Morgan fingerprint density at radius 2 is 2.21 bits per heavy atom. The van der Waals surface area contributed by atoms with Crippen LogP contribution in [0, 0.1) is 13.8 Å². The second-order valence-corrected chi connectivity index (χ2v) is 5.84. The largest absolute Gasteiger partial charge is 0.376 e. The van der Waals surface area contributed by atoms with Crippen LogP contribution in [0.3, 0.4) is 0 Å². The lowest BCUT2D eigenvalue weighted by Crippen LogP contribution is -2.51. The molecule has 1 fully saturated rings. The first-order valence-electron chi connectivity index (χ1n) is 6.89. The lowest BCUT2D eigenvalue weighted by atomic mass is 9.94. The summed E-state index contributed by atoms with van der Waals surface area (Å²) in [6.45, 7) is 8.90. The van der Waals surface area contributed by atoms with Crippen LogP contribution in [-0.4, -0.2) is 24.2 Å². The summed E-state index contributed by atoms with van der Waals surface area (Å²) < 4.78 is 5.55. The first-order valence-corrected chi connectivity index (χ1v) is 6.89. The monoisotopic (exact) mass is 261 g/mol. The van der Waals surface area contributed by atoms with Crippen molar-refractivity contribution in [3.63, 3.8) is 0 Å². The van der Waals surface area contributed by atoms with Crippen molar-refractivity contribution in [1.82, 2.24) is 5.32 Å². The smallest absolute Gasteiger partial charge is 0.224 e. The number of aryl methyl sites for hydroxylation is 2. The molecule has 1 aromatic rings. The van der Waals surface area contributed by atoms with Gasteiger partial charge in [0.1, 0.15) is 0 Å². The van der Waals surface area contributed by atoms with E-state index < -0.39 is 0 Å². The lowest BCUT2D eigenvalue weighted by Gasteiger charge is -2.29. The average Bonchev–Trinajstić information content (AvgIpc) is 2.64. The van der Waals surface area contributed by atoms with Crippen LogP contribution in [0.5, 0.6) is 0 Å². The van der Waals surface area contributed by atoms with Gasteiger partial charge < -0.3 is 10.1 Å². The number of hydrogen-bond acceptors (Lipinski definition) is 2. The number of hydrogen-bond donors (Lipinski definition) is 1. The van der Waals surface area contributed by atoms with Crippen molar-refractivity contribution >= 4 is 5.91 Å². The second kappa shape index (κ2) is 5.33. The maximum atomic E-state index is 12.2. The van der Waals surface area contributed by atoms with E-state index in [0.29, 0.717) is 6.42 Å². The second-order valence-electron chi connectivity index (χ2n) is 5.84. The van der Waals surface area contributed by atoms with E-state index in [-0.39, 0.29) is 17.6 Å². The van der Waals surface area contributed by atoms with Gasteiger partial charge in [0.05, 0.1) is 18.1 Å². The zero-order valence-corrected chi connectivity index (χ0v) is 12.2. The SMILES string of the molecule is Cc1ccc(C)c(CC(=O)N[C@@]2(C)CCO[C@H]2C)c1. The molecule has 0 aliphatic carbocycles. The van der Waals surface area contributed by atoms with Crippen molar-refractivity contribution in [3.8, 4) is 0 Å². The quantitative estimate of drug-likeness (QED) is 0.908. The summed E-state index contributed by atoms with van der Waals surface area (Å²) in [6, 6.07) is 6.23. The van der Waals surface area contributed by atoms with E-state index in [1.54, 1.807) is 0 Å². The third kappa shape index (κ3) is 3.16. The predicted molar refractivity (Wildman–Crippen MR) is 76.2 cm³/mol. The molecule has 1 N–H and O–H groups in total. The highest BCUT2D eigenvalue weighted by atomic mass is 16.5. The molecular weight excluding hydrogens is 238 g/mol. The van der Waals surface area contributed by atoms with Crippen molar-refractivity contribution in [2.75, 3.05) is 6.61 Å². The topological polar surface area (TPSA) is 38.3 Å². The molecule has 1 amide bonds. The Hall–Kier alpha value is -1.35. The van der Waals surface area contributed by atoms with Crippen LogP contribution < -0.4 is 5.32 Å². The van der Waals surface area contributed by atoms with Crippen LogP contribution in [0.2, 0.25) is 0 Å². The third-order valence-corrected chi connectivity index (χ3v) is 4.17. The molecule has 2 rings (SSSR count). The molecule has 1 aliphatic rings. The summed E-state index contributed by atoms with van der Waals surface area (Å²) in [4.78, 5) is 12.2. The van der Waals surface area contributed by atoms with Gasteiger partial charge in [0.15, 0.2) is 0 Å². The summed E-state index contributed by atoms with van der Waals surface area (Å²) in [5.41, 5.74) is 3.24. The van der Waals surface area contributed by atoms with Gasteiger partial charge in [0.2, 0.25) is 5.91 Å². The molecule has 3 nitrogen and oxygen atoms in total. The summed E-state index contributed by atoms with van der Waals surface area (Å²) >= 11 is 0. The molecule has 104 valence electrons. The molecule has 0 bridgehead atoms. The Morgan fingerprint density at radius 3 is 2.84 bits per heavy atom. The predicted octanol–water partition coefficient (Wildman–Crippen LogP) is 2.53. The minimum Gasteiger partial charge on any atom is -0.376 e. The highest BCUT2D eigenvalue weighted by Crippen LogP contribution is 2.25. The van der Waals surface area contributed by atoms with Crippen molar-refractivity contribution in [2.45, 2.75) is 52.2 Å². The Morgan fingerprint density at radius 1 is 1.47 bits per heavy atom. The molecule has 1 saturated heterocycles. The first-order chi connectivity index (χ1) is 8.90. The van der Waals surface area contributed by atoms with E-state index in [1.165, 1.54) is 11.1 Å². The van der Waals surface area contributed by atoms with Gasteiger partial charge in [-0.15, -0.1) is 0 Å². The molecule has 19 heavy (non-hydrogen) atoms. The minimum atomic E-state index is -0.227. The zero-order valence-electron chi connectivity index (χ0n) is 12.2. The molecule has 0 spiro atoms. The van der Waals surface area contributed by atoms with Gasteiger partial charge in [0, 0.05) is 6.61 Å². The van der Waals surface area contributed by atoms with Crippen LogP contribution in [0.15, 0.2) is 18.2 Å². The molecule has 0 unspecified atom stereocenters. The highest BCUT2D eigenvalue weighted by molar-refractivity contribution is 5.79. The van der Waals surface area contributed by atoms with Crippen LogP contribution in [-0.2, 0) is 16.0 Å². The van der Waals surface area contributed by atoms with E-state index in [2.05, 4.69) is 37.4 Å². The van der Waals surface area contributed by atoms with Crippen molar-refractivity contribution < 1.29 is 9.53 Å². The molecule has 0 saturated carbocycles. The van der Waals surface area contributed by atoms with E-state index >= 15 is 0 Å². The van der Waals surface area contributed by atoms with Gasteiger partial charge >= 0.3 is 0 Å². The molecular formula is C16H23NO2. The number of carbonyl (C=O) groups excluding carboxylic acids is 1. The van der Waals surface area contributed by atoms with E-state index in [1.807, 2.05) is 13.8 Å². The van der Waals surface area contributed by atoms with Gasteiger partial charge in [-0.25, -0.2) is 0 Å². The van der Waals surface area contributed by atoms with Crippen LogP contribution >= 0.6 is 0 Å². The fourth-order valence-corrected chi connectivity index (χ4v) is 2.53. The Kier molecular flexibility index (Phi) is 3.95. The molecule has 2 atom stereocenters. The summed E-state index contributed by atoms with van der Waals surface area (Å²) in [5.74, 6) is 0.0774. The maximum absolute atomic E-state index is 12.2. The standard InChI is InChI=1S/C16H23NO2/c1-11-5-6-12(2)14(9-11)10-15(18)17-16(4)7-8-19-13(16)3/h5-6,9,13H,7-8,10H2,1-4H3,(H,17,18)/t13-,16-/m0/s1. The van der Waals surface area contributed by atoms with Crippen molar-refractivity contribution in [3.05, 3.63) is 34.9 Å². The number of amides is 1. The van der Waals surface area contributed by atoms with E-state index in [0.717, 1.165) is 18.6 Å². The van der Waals surface area contributed by atoms with Gasteiger partial charge in [0.25, 0.3) is 0 Å². The summed E-state index contributed by atoms with van der Waals surface area (Å²) in [5, 5.41) is 3.14. The van der Waals surface area contributed by atoms with Gasteiger partial charge in [-0.05, 0) is 45.2 Å². The molecule has 1 aliphatic heterocycles. The average molecular weight is 261 g/mol. The van der Waals surface area contributed by atoms with Crippen molar-refractivity contribution in [2.24, 2.45) is 0 Å². The number of ether oxygens (including phenoxy) is 1. The molecule has 0 aromatic heterocycles. The van der Waals surface area contributed by atoms with Crippen LogP contribution in [0.1, 0.15) is 37.0 Å². The minimum absolute atomic E-state index is 0.0774. The molecule has 0 radical (unpaired) electrons. The lowest BCUT2D eigenvalue weighted by molar-refractivity contribution is -0.122. The Bertz CT molecular complexity index is 484. The number of nitrogens with one attached hydrogen (secondary N) is 1. The number of rotatable bonds is 3. The van der Waals surface area contributed by atoms with Crippen LogP contribution in [0.4, 0.5) is 0 Å². The Balaban J connectivity index is 2.03. The summed E-state index contributed by atoms with van der Waals surface area (Å²) in [6.07, 6.45) is 1.40. The Labute approximate surface area is 115 Å². The van der Waals surface area contributed by atoms with Gasteiger partial charge in [-0.1, -0.05) is 23.8 Å². The fraction of sp³-hybridized carbons (Fsp3) is 0.562. The fourth-order valence-electron chi connectivity index (χ4n) is 2.53. The van der Waals surface area contributed by atoms with Gasteiger partial charge in [-0.3, -0.25) is 4.79 Å². The van der Waals surface area contributed by atoms with E-state index in [4.69, 9.17) is 4.74 Å². The molecule has 1 aromatic carbocycles. The number of carbonyl (C=O) groups is 1. The van der Waals surface area contributed by atoms with E-state index in [9.17, 15) is 4.79 Å². The molecule has 1 heterocycles. The zero-order chi connectivity index (χ0) is 14.0. The normalized spacial score (nSPS) is 26.4. The maximum Gasteiger partial charge on any atom is 0.224 e. The third-order valence-electron chi connectivity index (χ3n) is 4.17.